The van der Waals surface area contributed by atoms with Gasteiger partial charge < -0.3 is 14.9 Å². The van der Waals surface area contributed by atoms with Crippen LogP contribution in [0.25, 0.3) is 50.7 Å². The highest BCUT2D eigenvalue weighted by molar-refractivity contribution is 5.92. The third kappa shape index (κ3) is 3.50. The van der Waals surface area contributed by atoms with Gasteiger partial charge in [0.25, 0.3) is 0 Å². The van der Waals surface area contributed by atoms with Crippen LogP contribution >= 0.6 is 0 Å². The molecule has 0 radical (unpaired) electrons. The third-order valence-electron chi connectivity index (χ3n) is 5.66. The first-order valence-corrected chi connectivity index (χ1v) is 11.1. The molecule has 0 aliphatic rings. The molecule has 168 valence electrons. The van der Waals surface area contributed by atoms with Gasteiger partial charge >= 0.3 is 0 Å². The number of H-pyrrole nitrogens is 2. The second kappa shape index (κ2) is 8.16. The fourth-order valence-electron chi connectivity index (χ4n) is 3.99. The molecule has 10 heteroatoms. The summed E-state index contributed by atoms with van der Waals surface area (Å²) in [5, 5.41) is 10.9. The Labute approximate surface area is 194 Å². The number of imidazole rings is 2. The van der Waals surface area contributed by atoms with Crippen LogP contribution in [0.2, 0.25) is 0 Å². The zero-order chi connectivity index (χ0) is 23.1. The van der Waals surface area contributed by atoms with E-state index in [4.69, 9.17) is 9.97 Å². The lowest BCUT2D eigenvalue weighted by Crippen LogP contribution is -2.11. The maximum Gasteiger partial charge on any atom is 0.162 e. The molecule has 0 aliphatic heterocycles. The van der Waals surface area contributed by atoms with Gasteiger partial charge in [-0.05, 0) is 43.3 Å². The van der Waals surface area contributed by atoms with E-state index in [-0.39, 0.29) is 0 Å². The SMILES string of the molecule is CCNCc1cncc(-c2ccc3[nH]nc(-c4nc5c(-n6cnc(C)c6)ccnc5[nH]4)c3n2)c1. The summed E-state index contributed by atoms with van der Waals surface area (Å²) in [7, 11) is 0. The Morgan fingerprint density at radius 1 is 1.06 bits per heavy atom. The number of fused-ring (bicyclic) bond motifs is 2. The van der Waals surface area contributed by atoms with Crippen molar-refractivity contribution in [2.24, 2.45) is 0 Å². The Morgan fingerprint density at radius 3 is 2.85 bits per heavy atom. The van der Waals surface area contributed by atoms with Gasteiger partial charge in [0.15, 0.2) is 17.2 Å². The third-order valence-corrected chi connectivity index (χ3v) is 5.66. The molecule has 34 heavy (non-hydrogen) atoms. The topological polar surface area (TPSA) is 126 Å². The average molecular weight is 451 g/mol. The van der Waals surface area contributed by atoms with Crippen molar-refractivity contribution >= 4 is 22.2 Å². The number of nitrogens with zero attached hydrogens (tertiary/aromatic N) is 7. The summed E-state index contributed by atoms with van der Waals surface area (Å²) in [5.41, 5.74) is 8.32. The van der Waals surface area contributed by atoms with Gasteiger partial charge in [0, 0.05) is 36.9 Å². The maximum atomic E-state index is 4.91. The molecule has 0 saturated heterocycles. The normalized spacial score (nSPS) is 11.6. The summed E-state index contributed by atoms with van der Waals surface area (Å²) >= 11 is 0. The lowest BCUT2D eigenvalue weighted by molar-refractivity contribution is 0.724. The van der Waals surface area contributed by atoms with E-state index < -0.39 is 0 Å². The van der Waals surface area contributed by atoms with E-state index in [1.165, 1.54) is 0 Å². The summed E-state index contributed by atoms with van der Waals surface area (Å²) in [6.07, 6.45) is 9.18. The standard InChI is InChI=1S/C24H22N10/c1-3-25-9-15-8-16(11-26-10-15)17-4-5-18-20(29-17)22(33-32-18)24-30-21-19(6-7-27-23(21)31-24)34-12-14(2)28-13-34/h4-8,10-13,25H,3,9H2,1-2H3,(H,32,33)(H,27,30,31). The molecule has 10 nitrogen and oxygen atoms in total. The van der Waals surface area contributed by atoms with Gasteiger partial charge in [-0.15, -0.1) is 0 Å². The first-order chi connectivity index (χ1) is 16.7. The number of hydrogen-bond donors (Lipinski definition) is 3. The number of aromatic amines is 2. The van der Waals surface area contributed by atoms with E-state index in [9.17, 15) is 0 Å². The van der Waals surface area contributed by atoms with Gasteiger partial charge in [-0.2, -0.15) is 5.10 Å². The largest absolute Gasteiger partial charge is 0.321 e. The van der Waals surface area contributed by atoms with Gasteiger partial charge in [-0.3, -0.25) is 10.1 Å². The van der Waals surface area contributed by atoms with Crippen molar-refractivity contribution in [3.05, 3.63) is 66.6 Å². The lowest BCUT2D eigenvalue weighted by atomic mass is 10.1. The Balaban J connectivity index is 1.44. The molecule has 6 heterocycles. The average Bonchev–Trinajstić information content (AvgIpc) is 3.59. The smallest absolute Gasteiger partial charge is 0.162 e. The molecule has 3 N–H and O–H groups in total. The van der Waals surface area contributed by atoms with Crippen molar-refractivity contribution < 1.29 is 0 Å². The van der Waals surface area contributed by atoms with Crippen molar-refractivity contribution in [1.29, 1.82) is 0 Å². The monoisotopic (exact) mass is 450 g/mol. The van der Waals surface area contributed by atoms with Crippen molar-refractivity contribution in [2.45, 2.75) is 20.4 Å². The molecule has 0 aromatic carbocycles. The Morgan fingerprint density at radius 2 is 2.00 bits per heavy atom. The van der Waals surface area contributed by atoms with Crippen molar-refractivity contribution in [3.8, 4) is 28.5 Å². The van der Waals surface area contributed by atoms with Gasteiger partial charge in [-0.1, -0.05) is 6.92 Å². The van der Waals surface area contributed by atoms with Crippen molar-refractivity contribution in [1.82, 2.24) is 50.0 Å². The van der Waals surface area contributed by atoms with Gasteiger partial charge in [0.1, 0.15) is 11.0 Å². The second-order valence-electron chi connectivity index (χ2n) is 8.06. The quantitative estimate of drug-likeness (QED) is 0.354. The molecule has 0 atom stereocenters. The zero-order valence-electron chi connectivity index (χ0n) is 18.7. The highest BCUT2D eigenvalue weighted by Crippen LogP contribution is 2.29. The molecular weight excluding hydrogens is 428 g/mol. The number of aryl methyl sites for hydroxylation is 1. The van der Waals surface area contributed by atoms with Crippen LogP contribution in [0.1, 0.15) is 18.2 Å². The van der Waals surface area contributed by atoms with E-state index in [0.29, 0.717) is 17.2 Å². The molecule has 0 fully saturated rings. The Kier molecular flexibility index (Phi) is 4.84. The Hall–Kier alpha value is -4.44. The van der Waals surface area contributed by atoms with E-state index in [0.717, 1.165) is 57.8 Å². The van der Waals surface area contributed by atoms with E-state index in [1.54, 1.807) is 12.5 Å². The maximum absolute atomic E-state index is 4.91. The molecule has 0 spiro atoms. The number of aromatic nitrogens is 9. The van der Waals surface area contributed by atoms with Crippen molar-refractivity contribution in [3.63, 3.8) is 0 Å². The molecule has 6 rings (SSSR count). The number of pyridine rings is 3. The Bertz CT molecular complexity index is 1620. The van der Waals surface area contributed by atoms with E-state index in [1.807, 2.05) is 48.3 Å². The predicted molar refractivity (Wildman–Crippen MR) is 129 cm³/mol. The lowest BCUT2D eigenvalue weighted by Gasteiger charge is -2.05. The molecule has 6 aromatic rings. The summed E-state index contributed by atoms with van der Waals surface area (Å²) < 4.78 is 1.94. The summed E-state index contributed by atoms with van der Waals surface area (Å²) in [6, 6.07) is 7.97. The summed E-state index contributed by atoms with van der Waals surface area (Å²) in [5.74, 6) is 0.599. The number of nitrogens with one attached hydrogen (secondary N) is 3. The minimum Gasteiger partial charge on any atom is -0.321 e. The highest BCUT2D eigenvalue weighted by Gasteiger charge is 2.17. The minimum atomic E-state index is 0.599. The summed E-state index contributed by atoms with van der Waals surface area (Å²) in [6.45, 7) is 5.71. The van der Waals surface area contributed by atoms with Crippen LogP contribution < -0.4 is 5.32 Å². The van der Waals surface area contributed by atoms with Crippen LogP contribution in [0.5, 0.6) is 0 Å². The van der Waals surface area contributed by atoms with E-state index >= 15 is 0 Å². The van der Waals surface area contributed by atoms with E-state index in [2.05, 4.69) is 48.4 Å². The molecule has 0 unspecified atom stereocenters. The molecular formula is C24H22N10. The molecule has 0 saturated carbocycles. The van der Waals surface area contributed by atoms with Crippen LogP contribution in [0, 0.1) is 6.92 Å². The van der Waals surface area contributed by atoms with Gasteiger partial charge in [-0.25, -0.2) is 19.9 Å². The minimum absolute atomic E-state index is 0.599. The van der Waals surface area contributed by atoms with Crippen LogP contribution in [0.3, 0.4) is 0 Å². The second-order valence-corrected chi connectivity index (χ2v) is 8.06. The fourth-order valence-corrected chi connectivity index (χ4v) is 3.99. The van der Waals surface area contributed by atoms with Crippen LogP contribution in [0.15, 0.2) is 55.4 Å². The first-order valence-electron chi connectivity index (χ1n) is 11.1. The van der Waals surface area contributed by atoms with Crippen LogP contribution in [-0.4, -0.2) is 51.2 Å². The number of hydrogen-bond acceptors (Lipinski definition) is 7. The van der Waals surface area contributed by atoms with Gasteiger partial charge in [0.2, 0.25) is 0 Å². The van der Waals surface area contributed by atoms with Crippen LogP contribution in [-0.2, 0) is 6.54 Å². The molecule has 0 aliphatic carbocycles. The van der Waals surface area contributed by atoms with Crippen molar-refractivity contribution in [2.75, 3.05) is 6.54 Å². The number of rotatable bonds is 6. The highest BCUT2D eigenvalue weighted by atomic mass is 15.2. The molecule has 0 bridgehead atoms. The zero-order valence-corrected chi connectivity index (χ0v) is 18.7. The molecule has 6 aromatic heterocycles. The first kappa shape index (κ1) is 20.2. The predicted octanol–water partition coefficient (Wildman–Crippen LogP) is 3.56. The fraction of sp³-hybridized carbons (Fsp3) is 0.167. The van der Waals surface area contributed by atoms with Gasteiger partial charge in [0.05, 0.1) is 28.9 Å². The summed E-state index contributed by atoms with van der Waals surface area (Å²) in [4.78, 5) is 26.2. The van der Waals surface area contributed by atoms with Crippen LogP contribution in [0.4, 0.5) is 0 Å². The molecule has 0 amide bonds.